The molecule has 3 aromatic carbocycles. The number of hydrogen-bond donors (Lipinski definition) is 0. The van der Waals surface area contributed by atoms with Crippen LogP contribution in [-0.4, -0.2) is 13.4 Å². The van der Waals surface area contributed by atoms with Gasteiger partial charge < -0.3 is 8.60 Å². The van der Waals surface area contributed by atoms with E-state index in [-0.39, 0.29) is 10.6 Å². The van der Waals surface area contributed by atoms with Crippen LogP contribution in [-0.2, 0) is 10.1 Å². The zero-order valence-corrected chi connectivity index (χ0v) is 15.7. The summed E-state index contributed by atoms with van der Waals surface area (Å²) in [4.78, 5) is 4.55. The largest absolute Gasteiger partial charge is 0.436 e. The molecule has 4 aromatic rings. The Morgan fingerprint density at radius 2 is 1.59 bits per heavy atom. The highest BCUT2D eigenvalue weighted by atomic mass is 32.2. The van der Waals surface area contributed by atoms with Crippen molar-refractivity contribution < 1.29 is 17.0 Å². The molecule has 0 amide bonds. The van der Waals surface area contributed by atoms with E-state index < -0.39 is 10.1 Å². The van der Waals surface area contributed by atoms with Crippen LogP contribution in [0.1, 0.15) is 11.1 Å². The third-order valence-electron chi connectivity index (χ3n) is 4.17. The summed E-state index contributed by atoms with van der Waals surface area (Å²) < 4.78 is 36.5. The summed E-state index contributed by atoms with van der Waals surface area (Å²) in [6.45, 7) is 3.86. The molecule has 1 heterocycles. The lowest BCUT2D eigenvalue weighted by atomic mass is 10.2. The predicted octanol–water partition coefficient (Wildman–Crippen LogP) is 4.88. The van der Waals surface area contributed by atoms with E-state index in [2.05, 4.69) is 4.98 Å². The fraction of sp³-hybridized carbons (Fsp3) is 0.0952. The van der Waals surface area contributed by atoms with Crippen molar-refractivity contribution in [3.8, 4) is 17.2 Å². The quantitative estimate of drug-likeness (QED) is 0.473. The van der Waals surface area contributed by atoms with E-state index in [0.29, 0.717) is 22.6 Å². The lowest BCUT2D eigenvalue weighted by Crippen LogP contribution is -2.10. The Kier molecular flexibility index (Phi) is 4.20. The van der Waals surface area contributed by atoms with Crippen LogP contribution in [0.2, 0.25) is 0 Å². The smallest absolute Gasteiger partial charge is 0.339 e. The SMILES string of the molecule is Cc1ccc(S(=O)(=O)Oc2ccccc2-c2nc3ccc(C)cc3o2)cc1. The predicted molar refractivity (Wildman–Crippen MR) is 103 cm³/mol. The lowest BCUT2D eigenvalue weighted by Gasteiger charge is -2.09. The van der Waals surface area contributed by atoms with Crippen molar-refractivity contribution in [1.82, 2.24) is 4.98 Å². The van der Waals surface area contributed by atoms with Crippen LogP contribution in [0.4, 0.5) is 0 Å². The van der Waals surface area contributed by atoms with Crippen molar-refractivity contribution >= 4 is 21.2 Å². The first-order valence-corrected chi connectivity index (χ1v) is 9.81. The highest BCUT2D eigenvalue weighted by Crippen LogP contribution is 2.33. The summed E-state index contributed by atoms with van der Waals surface area (Å²) in [5, 5.41) is 0. The molecule has 0 fully saturated rings. The third-order valence-corrected chi connectivity index (χ3v) is 5.42. The number of rotatable bonds is 4. The maximum Gasteiger partial charge on any atom is 0.339 e. The zero-order valence-electron chi connectivity index (χ0n) is 14.8. The summed E-state index contributed by atoms with van der Waals surface area (Å²) in [6, 6.07) is 19.0. The molecule has 27 heavy (non-hydrogen) atoms. The van der Waals surface area contributed by atoms with Gasteiger partial charge in [0.2, 0.25) is 5.89 Å². The molecule has 0 saturated heterocycles. The first kappa shape index (κ1) is 17.3. The third kappa shape index (κ3) is 3.44. The molecule has 0 radical (unpaired) electrons. The van der Waals surface area contributed by atoms with Gasteiger partial charge in [0.25, 0.3) is 0 Å². The van der Waals surface area contributed by atoms with Gasteiger partial charge in [-0.1, -0.05) is 35.9 Å². The van der Waals surface area contributed by atoms with Gasteiger partial charge in [-0.05, 0) is 55.8 Å². The minimum Gasteiger partial charge on any atom is -0.436 e. The van der Waals surface area contributed by atoms with Gasteiger partial charge in [-0.15, -0.1) is 0 Å². The Morgan fingerprint density at radius 3 is 2.37 bits per heavy atom. The molecule has 0 atom stereocenters. The number of hydrogen-bond acceptors (Lipinski definition) is 5. The van der Waals surface area contributed by atoms with Crippen molar-refractivity contribution in [3.63, 3.8) is 0 Å². The highest BCUT2D eigenvalue weighted by molar-refractivity contribution is 7.87. The Labute approximate surface area is 157 Å². The Bertz CT molecular complexity index is 1220. The maximum atomic E-state index is 12.6. The van der Waals surface area contributed by atoms with Crippen LogP contribution < -0.4 is 4.18 Å². The average Bonchev–Trinajstić information content (AvgIpc) is 3.05. The van der Waals surface area contributed by atoms with E-state index in [0.717, 1.165) is 11.1 Å². The molecule has 0 aliphatic carbocycles. The zero-order chi connectivity index (χ0) is 19.0. The molecule has 136 valence electrons. The molecular weight excluding hydrogens is 362 g/mol. The van der Waals surface area contributed by atoms with Crippen molar-refractivity contribution in [2.24, 2.45) is 0 Å². The molecule has 0 saturated carbocycles. The topological polar surface area (TPSA) is 69.4 Å². The van der Waals surface area contributed by atoms with Gasteiger partial charge in [0.05, 0.1) is 5.56 Å². The van der Waals surface area contributed by atoms with E-state index in [1.165, 1.54) is 12.1 Å². The molecule has 0 spiro atoms. The minimum absolute atomic E-state index is 0.0936. The number of benzene rings is 3. The molecule has 0 unspecified atom stereocenters. The molecule has 0 aliphatic heterocycles. The molecule has 1 aromatic heterocycles. The van der Waals surface area contributed by atoms with Gasteiger partial charge in [-0.2, -0.15) is 8.42 Å². The normalized spacial score (nSPS) is 11.6. The Morgan fingerprint density at radius 1 is 0.889 bits per heavy atom. The molecule has 0 N–H and O–H groups in total. The van der Waals surface area contributed by atoms with Crippen LogP contribution in [0.3, 0.4) is 0 Å². The number of aromatic nitrogens is 1. The van der Waals surface area contributed by atoms with Gasteiger partial charge >= 0.3 is 10.1 Å². The van der Waals surface area contributed by atoms with Gasteiger partial charge in [0, 0.05) is 0 Å². The summed E-state index contributed by atoms with van der Waals surface area (Å²) in [6.07, 6.45) is 0. The van der Waals surface area contributed by atoms with Crippen molar-refractivity contribution in [2.45, 2.75) is 18.7 Å². The number of nitrogens with zero attached hydrogens (tertiary/aromatic N) is 1. The number of aryl methyl sites for hydroxylation is 2. The number of para-hydroxylation sites is 1. The van der Waals surface area contributed by atoms with Gasteiger partial charge in [-0.3, -0.25) is 0 Å². The summed E-state index contributed by atoms with van der Waals surface area (Å²) in [7, 11) is -3.97. The average molecular weight is 379 g/mol. The first-order valence-electron chi connectivity index (χ1n) is 8.40. The van der Waals surface area contributed by atoms with Gasteiger partial charge in [0.1, 0.15) is 10.4 Å². The Hall–Kier alpha value is -3.12. The molecule has 6 heteroatoms. The second kappa shape index (κ2) is 6.55. The van der Waals surface area contributed by atoms with Crippen molar-refractivity contribution in [3.05, 3.63) is 77.9 Å². The van der Waals surface area contributed by atoms with Crippen LogP contribution in [0.15, 0.2) is 76.0 Å². The van der Waals surface area contributed by atoms with Gasteiger partial charge in [0.15, 0.2) is 11.3 Å². The van der Waals surface area contributed by atoms with Crippen molar-refractivity contribution in [2.75, 3.05) is 0 Å². The molecular formula is C21H17NO4S. The Balaban J connectivity index is 1.75. The number of oxazole rings is 1. The summed E-state index contributed by atoms with van der Waals surface area (Å²) in [5.41, 5.74) is 3.84. The fourth-order valence-corrected chi connectivity index (χ4v) is 3.68. The van der Waals surface area contributed by atoms with Crippen LogP contribution in [0.25, 0.3) is 22.6 Å². The highest BCUT2D eigenvalue weighted by Gasteiger charge is 2.21. The first-order chi connectivity index (χ1) is 12.9. The van der Waals surface area contributed by atoms with E-state index in [9.17, 15) is 8.42 Å². The minimum atomic E-state index is -3.97. The van der Waals surface area contributed by atoms with E-state index in [1.807, 2.05) is 32.0 Å². The van der Waals surface area contributed by atoms with E-state index in [4.69, 9.17) is 8.60 Å². The maximum absolute atomic E-state index is 12.6. The van der Waals surface area contributed by atoms with Crippen LogP contribution in [0, 0.1) is 13.8 Å². The number of fused-ring (bicyclic) bond motifs is 1. The van der Waals surface area contributed by atoms with E-state index in [1.54, 1.807) is 36.4 Å². The summed E-state index contributed by atoms with van der Waals surface area (Å²) >= 11 is 0. The van der Waals surface area contributed by atoms with Crippen molar-refractivity contribution in [1.29, 1.82) is 0 Å². The second-order valence-electron chi connectivity index (χ2n) is 6.34. The standard InChI is InChI=1S/C21H17NO4S/c1-14-7-10-16(11-8-14)27(23,24)26-19-6-4-3-5-17(19)21-22-18-12-9-15(2)13-20(18)25-21/h3-13H,1-2H3. The van der Waals surface area contributed by atoms with E-state index >= 15 is 0 Å². The fourth-order valence-electron chi connectivity index (χ4n) is 2.73. The van der Waals surface area contributed by atoms with Crippen LogP contribution >= 0.6 is 0 Å². The molecule has 0 aliphatic rings. The molecule has 0 bridgehead atoms. The molecule has 5 nitrogen and oxygen atoms in total. The summed E-state index contributed by atoms with van der Waals surface area (Å²) in [5.74, 6) is 0.478. The second-order valence-corrected chi connectivity index (χ2v) is 7.88. The monoisotopic (exact) mass is 379 g/mol. The van der Waals surface area contributed by atoms with Gasteiger partial charge in [-0.25, -0.2) is 4.98 Å². The molecule has 4 rings (SSSR count). The van der Waals surface area contributed by atoms with Crippen LogP contribution in [0.5, 0.6) is 5.75 Å². The lowest BCUT2D eigenvalue weighted by molar-refractivity contribution is 0.485.